The minimum Gasteiger partial charge on any atom is -0.396 e. The van der Waals surface area contributed by atoms with Crippen LogP contribution >= 0.6 is 0 Å². The molecule has 0 saturated carbocycles. The van der Waals surface area contributed by atoms with Crippen molar-refractivity contribution in [3.05, 3.63) is 60.2 Å². The number of aliphatic hydroxyl groups excluding tert-OH is 1. The maximum absolute atomic E-state index is 12.0. The normalized spacial score (nSPS) is 11.7. The lowest BCUT2D eigenvalue weighted by atomic mass is 10.1. The number of hydrogen-bond donors (Lipinski definition) is 3. The van der Waals surface area contributed by atoms with Gasteiger partial charge < -0.3 is 15.7 Å². The molecule has 0 aliphatic heterocycles. The summed E-state index contributed by atoms with van der Waals surface area (Å²) in [5.74, 6) is -0.0110. The number of para-hydroxylation sites is 1. The van der Waals surface area contributed by atoms with E-state index in [0.717, 1.165) is 16.9 Å². The van der Waals surface area contributed by atoms with Gasteiger partial charge in [0.25, 0.3) is 0 Å². The summed E-state index contributed by atoms with van der Waals surface area (Å²) in [5, 5.41) is 15.1. The summed E-state index contributed by atoms with van der Waals surface area (Å²) in [6.07, 6.45) is 1.06. The minimum absolute atomic E-state index is 0.0110. The van der Waals surface area contributed by atoms with Crippen molar-refractivity contribution in [2.75, 3.05) is 17.2 Å². The molecule has 22 heavy (non-hydrogen) atoms. The van der Waals surface area contributed by atoms with Gasteiger partial charge in [-0.15, -0.1) is 0 Å². The molecule has 2 rings (SSSR count). The molecule has 0 fully saturated rings. The van der Waals surface area contributed by atoms with E-state index in [-0.39, 0.29) is 18.6 Å². The summed E-state index contributed by atoms with van der Waals surface area (Å²) in [5.41, 5.74) is 2.89. The Labute approximate surface area is 131 Å². The topological polar surface area (TPSA) is 61.4 Å². The molecular weight excluding hydrogens is 276 g/mol. The Morgan fingerprint density at radius 3 is 2.36 bits per heavy atom. The molecule has 3 N–H and O–H groups in total. The van der Waals surface area contributed by atoms with Crippen molar-refractivity contribution >= 4 is 17.3 Å². The first-order valence-electron chi connectivity index (χ1n) is 7.48. The number of hydrogen-bond acceptors (Lipinski definition) is 3. The first kappa shape index (κ1) is 16.0. The van der Waals surface area contributed by atoms with E-state index < -0.39 is 0 Å². The number of nitrogens with one attached hydrogen (secondary N) is 2. The Morgan fingerprint density at radius 1 is 1.05 bits per heavy atom. The molecule has 0 radical (unpaired) electrons. The molecule has 0 bridgehead atoms. The molecule has 2 aromatic carbocycles. The van der Waals surface area contributed by atoms with Gasteiger partial charge in [-0.3, -0.25) is 4.79 Å². The molecule has 1 amide bonds. The largest absolute Gasteiger partial charge is 0.396 e. The maximum atomic E-state index is 12.0. The molecule has 1 atom stereocenters. The van der Waals surface area contributed by atoms with Crippen LogP contribution in [0.1, 0.15) is 18.9 Å². The van der Waals surface area contributed by atoms with Crippen LogP contribution in [0.25, 0.3) is 0 Å². The average molecular weight is 298 g/mol. The molecule has 0 aliphatic carbocycles. The molecule has 0 aliphatic rings. The SMILES string of the molecule is CC(CC(=O)Nc1ccccc1)Nc1ccc(CCO)cc1. The van der Waals surface area contributed by atoms with Gasteiger partial charge in [0.1, 0.15) is 0 Å². The Morgan fingerprint density at radius 2 is 1.73 bits per heavy atom. The van der Waals surface area contributed by atoms with Crippen LogP contribution in [0.5, 0.6) is 0 Å². The third-order valence-electron chi connectivity index (χ3n) is 3.32. The van der Waals surface area contributed by atoms with Crippen LogP contribution in [0.3, 0.4) is 0 Å². The summed E-state index contributed by atoms with van der Waals surface area (Å²) >= 11 is 0. The lowest BCUT2D eigenvalue weighted by Gasteiger charge is -2.15. The van der Waals surface area contributed by atoms with Gasteiger partial charge in [-0.05, 0) is 43.2 Å². The molecule has 0 aromatic heterocycles. The third kappa shape index (κ3) is 5.22. The van der Waals surface area contributed by atoms with Crippen molar-refractivity contribution < 1.29 is 9.90 Å². The highest BCUT2D eigenvalue weighted by Gasteiger charge is 2.09. The molecule has 2 aromatic rings. The van der Waals surface area contributed by atoms with E-state index in [1.807, 2.05) is 61.5 Å². The highest BCUT2D eigenvalue weighted by Crippen LogP contribution is 2.13. The zero-order valence-corrected chi connectivity index (χ0v) is 12.8. The van der Waals surface area contributed by atoms with Crippen LogP contribution in [0.15, 0.2) is 54.6 Å². The highest BCUT2D eigenvalue weighted by molar-refractivity contribution is 5.91. The van der Waals surface area contributed by atoms with Gasteiger partial charge in [-0.25, -0.2) is 0 Å². The van der Waals surface area contributed by atoms with Gasteiger partial charge in [0.2, 0.25) is 5.91 Å². The van der Waals surface area contributed by atoms with Crippen molar-refractivity contribution in [2.45, 2.75) is 25.8 Å². The Bertz CT molecular complexity index is 582. The predicted molar refractivity (Wildman–Crippen MR) is 90.0 cm³/mol. The van der Waals surface area contributed by atoms with E-state index in [2.05, 4.69) is 10.6 Å². The number of carbonyl (C=O) groups excluding carboxylic acids is 1. The minimum atomic E-state index is -0.0110. The van der Waals surface area contributed by atoms with Crippen LogP contribution in [-0.2, 0) is 11.2 Å². The van der Waals surface area contributed by atoms with E-state index in [0.29, 0.717) is 12.8 Å². The second-order valence-electron chi connectivity index (χ2n) is 5.33. The van der Waals surface area contributed by atoms with E-state index in [1.54, 1.807) is 0 Å². The summed E-state index contributed by atoms with van der Waals surface area (Å²) in [6, 6.07) is 17.4. The Hall–Kier alpha value is -2.33. The molecule has 0 spiro atoms. The Balaban J connectivity index is 1.81. The van der Waals surface area contributed by atoms with Gasteiger partial charge in [-0.2, -0.15) is 0 Å². The fourth-order valence-corrected chi connectivity index (χ4v) is 2.24. The summed E-state index contributed by atoms with van der Waals surface area (Å²) in [7, 11) is 0. The smallest absolute Gasteiger partial charge is 0.226 e. The molecule has 116 valence electrons. The third-order valence-corrected chi connectivity index (χ3v) is 3.32. The van der Waals surface area contributed by atoms with Crippen LogP contribution < -0.4 is 10.6 Å². The summed E-state index contributed by atoms with van der Waals surface area (Å²) < 4.78 is 0. The predicted octanol–water partition coefficient (Wildman–Crippen LogP) is 3.05. The zero-order valence-electron chi connectivity index (χ0n) is 12.8. The highest BCUT2D eigenvalue weighted by atomic mass is 16.2. The van der Waals surface area contributed by atoms with Crippen molar-refractivity contribution in [2.24, 2.45) is 0 Å². The number of carbonyl (C=O) groups is 1. The van der Waals surface area contributed by atoms with Crippen LogP contribution in [0.2, 0.25) is 0 Å². The van der Waals surface area contributed by atoms with Crippen LogP contribution in [-0.4, -0.2) is 23.7 Å². The molecular formula is C18H22N2O2. The summed E-state index contributed by atoms with van der Waals surface area (Å²) in [6.45, 7) is 2.13. The number of amides is 1. The van der Waals surface area contributed by atoms with Crippen LogP contribution in [0, 0.1) is 0 Å². The fourth-order valence-electron chi connectivity index (χ4n) is 2.24. The number of rotatable bonds is 7. The quantitative estimate of drug-likeness (QED) is 0.736. The van der Waals surface area contributed by atoms with E-state index in [1.165, 1.54) is 0 Å². The molecule has 1 unspecified atom stereocenters. The molecule has 4 nitrogen and oxygen atoms in total. The zero-order chi connectivity index (χ0) is 15.8. The molecule has 0 saturated heterocycles. The second kappa shape index (κ2) is 8.20. The average Bonchev–Trinajstić information content (AvgIpc) is 2.50. The first-order valence-corrected chi connectivity index (χ1v) is 7.48. The van der Waals surface area contributed by atoms with Gasteiger partial charge in [0.05, 0.1) is 0 Å². The van der Waals surface area contributed by atoms with Crippen molar-refractivity contribution in [1.82, 2.24) is 0 Å². The maximum Gasteiger partial charge on any atom is 0.226 e. The number of benzene rings is 2. The van der Waals surface area contributed by atoms with E-state index in [9.17, 15) is 4.79 Å². The fraction of sp³-hybridized carbons (Fsp3) is 0.278. The van der Waals surface area contributed by atoms with Crippen molar-refractivity contribution in [1.29, 1.82) is 0 Å². The van der Waals surface area contributed by atoms with Gasteiger partial charge in [-0.1, -0.05) is 30.3 Å². The van der Waals surface area contributed by atoms with Gasteiger partial charge >= 0.3 is 0 Å². The standard InChI is InChI=1S/C18H22N2O2/c1-14(13-18(22)20-16-5-3-2-4-6-16)19-17-9-7-15(8-10-17)11-12-21/h2-10,14,19,21H,11-13H2,1H3,(H,20,22). The van der Waals surface area contributed by atoms with Crippen molar-refractivity contribution in [3.63, 3.8) is 0 Å². The van der Waals surface area contributed by atoms with Gasteiger partial charge in [0, 0.05) is 30.4 Å². The molecule has 4 heteroatoms. The summed E-state index contributed by atoms with van der Waals surface area (Å²) in [4.78, 5) is 12.0. The van der Waals surface area contributed by atoms with E-state index >= 15 is 0 Å². The number of aliphatic hydroxyl groups is 1. The first-order chi connectivity index (χ1) is 10.7. The molecule has 0 heterocycles. The Kier molecular flexibility index (Phi) is 5.98. The van der Waals surface area contributed by atoms with Gasteiger partial charge in [0.15, 0.2) is 0 Å². The number of anilines is 2. The lowest BCUT2D eigenvalue weighted by molar-refractivity contribution is -0.116. The second-order valence-corrected chi connectivity index (χ2v) is 5.33. The van der Waals surface area contributed by atoms with Crippen molar-refractivity contribution in [3.8, 4) is 0 Å². The van der Waals surface area contributed by atoms with Crippen LogP contribution in [0.4, 0.5) is 11.4 Å². The van der Waals surface area contributed by atoms with E-state index in [4.69, 9.17) is 5.11 Å². The monoisotopic (exact) mass is 298 g/mol. The lowest BCUT2D eigenvalue weighted by Crippen LogP contribution is -2.23.